The molecule has 1 aromatic carbocycles. The molecular formula is C17H24BrNO2S. The van der Waals surface area contributed by atoms with Gasteiger partial charge in [0, 0.05) is 17.9 Å². The fourth-order valence-corrected chi connectivity index (χ4v) is 6.55. The first-order valence-electron chi connectivity index (χ1n) is 8.11. The van der Waals surface area contributed by atoms with Gasteiger partial charge in [0.2, 0.25) is 10.0 Å². The first kappa shape index (κ1) is 16.5. The van der Waals surface area contributed by atoms with E-state index in [1.807, 2.05) is 19.1 Å². The molecule has 0 N–H and O–H groups in total. The Morgan fingerprint density at radius 1 is 1.18 bits per heavy atom. The zero-order chi connectivity index (χ0) is 15.8. The van der Waals surface area contributed by atoms with Gasteiger partial charge in [-0.25, -0.2) is 8.42 Å². The summed E-state index contributed by atoms with van der Waals surface area (Å²) in [5, 5.41) is 0.722. The maximum absolute atomic E-state index is 13.0. The Balaban J connectivity index is 1.90. The fraction of sp³-hybridized carbons (Fsp3) is 0.647. The van der Waals surface area contributed by atoms with Crippen LogP contribution in [0, 0.1) is 12.3 Å². The van der Waals surface area contributed by atoms with E-state index in [1.54, 1.807) is 16.4 Å². The van der Waals surface area contributed by atoms with Crippen molar-refractivity contribution in [3.63, 3.8) is 0 Å². The molecule has 1 aromatic rings. The molecule has 0 radical (unpaired) electrons. The highest BCUT2D eigenvalue weighted by Gasteiger charge is 2.48. The molecule has 0 bridgehead atoms. The van der Waals surface area contributed by atoms with Crippen LogP contribution in [0.2, 0.25) is 0 Å². The van der Waals surface area contributed by atoms with Gasteiger partial charge in [0.15, 0.2) is 0 Å². The number of rotatable bonds is 3. The average Bonchev–Trinajstić information content (AvgIpc) is 2.87. The monoisotopic (exact) mass is 385 g/mol. The van der Waals surface area contributed by atoms with Crippen molar-refractivity contribution in [1.82, 2.24) is 4.31 Å². The third kappa shape index (κ3) is 3.00. The molecule has 1 saturated carbocycles. The van der Waals surface area contributed by atoms with Crippen LogP contribution in [0.1, 0.15) is 44.1 Å². The molecule has 5 heteroatoms. The Bertz CT molecular complexity index is 621. The van der Waals surface area contributed by atoms with Crippen molar-refractivity contribution in [2.75, 3.05) is 11.9 Å². The summed E-state index contributed by atoms with van der Waals surface area (Å²) < 4.78 is 27.9. The van der Waals surface area contributed by atoms with Crippen molar-refractivity contribution in [1.29, 1.82) is 0 Å². The Morgan fingerprint density at radius 2 is 1.82 bits per heavy atom. The van der Waals surface area contributed by atoms with Crippen LogP contribution in [0.4, 0.5) is 0 Å². The highest BCUT2D eigenvalue weighted by molar-refractivity contribution is 9.09. The molecule has 3 nitrogen and oxygen atoms in total. The molecule has 2 aliphatic rings. The van der Waals surface area contributed by atoms with Gasteiger partial charge in [0.05, 0.1) is 4.90 Å². The molecule has 22 heavy (non-hydrogen) atoms. The van der Waals surface area contributed by atoms with E-state index in [0.717, 1.165) is 17.3 Å². The van der Waals surface area contributed by atoms with Gasteiger partial charge in [-0.05, 0) is 43.7 Å². The lowest BCUT2D eigenvalue weighted by molar-refractivity contribution is 0.205. The summed E-state index contributed by atoms with van der Waals surface area (Å²) in [7, 11) is -3.39. The third-order valence-electron chi connectivity index (χ3n) is 5.29. The number of halogens is 1. The molecule has 1 aliphatic heterocycles. The molecule has 0 amide bonds. The highest BCUT2D eigenvalue weighted by Crippen LogP contribution is 2.48. The molecule has 1 atom stereocenters. The second-order valence-electron chi connectivity index (χ2n) is 6.94. The smallest absolute Gasteiger partial charge is 0.207 e. The summed E-state index contributed by atoms with van der Waals surface area (Å²) in [6.45, 7) is 2.67. The summed E-state index contributed by atoms with van der Waals surface area (Å²) >= 11 is 3.54. The number of sulfonamides is 1. The summed E-state index contributed by atoms with van der Waals surface area (Å²) in [5.41, 5.74) is 1.30. The van der Waals surface area contributed by atoms with E-state index < -0.39 is 10.0 Å². The summed E-state index contributed by atoms with van der Waals surface area (Å²) in [4.78, 5) is 0.428. The predicted molar refractivity (Wildman–Crippen MR) is 92.8 cm³/mol. The molecular weight excluding hydrogens is 362 g/mol. The minimum Gasteiger partial charge on any atom is -0.207 e. The quantitative estimate of drug-likeness (QED) is 0.734. The number of benzene rings is 1. The number of alkyl halides is 1. The standard InChI is InChI=1S/C17H24BrNO2S/c1-14-5-7-16(8-6-14)22(20,21)19-13-17(11-15(19)12-18)9-3-2-4-10-17/h5-8,15H,2-4,9-13H2,1H3. The van der Waals surface area contributed by atoms with Crippen molar-refractivity contribution < 1.29 is 8.42 Å². The van der Waals surface area contributed by atoms with Crippen molar-refractivity contribution >= 4 is 26.0 Å². The van der Waals surface area contributed by atoms with Crippen LogP contribution >= 0.6 is 15.9 Å². The third-order valence-corrected chi connectivity index (χ3v) is 7.95. The Hall–Kier alpha value is -0.390. The van der Waals surface area contributed by atoms with Gasteiger partial charge in [-0.1, -0.05) is 52.9 Å². The minimum absolute atomic E-state index is 0.0874. The van der Waals surface area contributed by atoms with E-state index in [1.165, 1.54) is 32.1 Å². The molecule has 1 spiro atoms. The van der Waals surface area contributed by atoms with Crippen LogP contribution in [0.25, 0.3) is 0 Å². The number of aryl methyl sites for hydroxylation is 1. The highest BCUT2D eigenvalue weighted by atomic mass is 79.9. The van der Waals surface area contributed by atoms with E-state index in [2.05, 4.69) is 15.9 Å². The maximum Gasteiger partial charge on any atom is 0.243 e. The summed E-state index contributed by atoms with van der Waals surface area (Å²) in [5.74, 6) is 0. The van der Waals surface area contributed by atoms with Gasteiger partial charge in [0.25, 0.3) is 0 Å². The lowest BCUT2D eigenvalue weighted by Gasteiger charge is -2.33. The van der Waals surface area contributed by atoms with Gasteiger partial charge in [-0.15, -0.1) is 0 Å². The van der Waals surface area contributed by atoms with Crippen LogP contribution in [0.15, 0.2) is 29.2 Å². The van der Waals surface area contributed by atoms with Gasteiger partial charge in [-0.3, -0.25) is 0 Å². The van der Waals surface area contributed by atoms with Crippen LogP contribution < -0.4 is 0 Å². The number of hydrogen-bond donors (Lipinski definition) is 0. The first-order valence-corrected chi connectivity index (χ1v) is 10.7. The van der Waals surface area contributed by atoms with Gasteiger partial charge >= 0.3 is 0 Å². The first-order chi connectivity index (χ1) is 10.5. The van der Waals surface area contributed by atoms with E-state index >= 15 is 0 Å². The average molecular weight is 386 g/mol. The van der Waals surface area contributed by atoms with Crippen LogP contribution in [0.3, 0.4) is 0 Å². The van der Waals surface area contributed by atoms with E-state index in [0.29, 0.717) is 11.4 Å². The van der Waals surface area contributed by atoms with Crippen LogP contribution in [0.5, 0.6) is 0 Å². The topological polar surface area (TPSA) is 37.4 Å². The second kappa shape index (κ2) is 6.25. The minimum atomic E-state index is -3.39. The normalized spacial score (nSPS) is 25.6. The molecule has 0 aromatic heterocycles. The molecule has 1 aliphatic carbocycles. The lowest BCUT2D eigenvalue weighted by Crippen LogP contribution is -2.37. The molecule has 1 saturated heterocycles. The largest absolute Gasteiger partial charge is 0.243 e. The zero-order valence-corrected chi connectivity index (χ0v) is 15.5. The van der Waals surface area contributed by atoms with Crippen LogP contribution in [-0.4, -0.2) is 30.6 Å². The van der Waals surface area contributed by atoms with Crippen LogP contribution in [-0.2, 0) is 10.0 Å². The van der Waals surface area contributed by atoms with Gasteiger partial charge < -0.3 is 0 Å². The Kier molecular flexibility index (Phi) is 4.68. The van der Waals surface area contributed by atoms with Crippen molar-refractivity contribution in [3.05, 3.63) is 29.8 Å². The maximum atomic E-state index is 13.0. The summed E-state index contributed by atoms with van der Waals surface area (Å²) in [6, 6.07) is 7.32. The second-order valence-corrected chi connectivity index (χ2v) is 9.47. The van der Waals surface area contributed by atoms with Gasteiger partial charge in [-0.2, -0.15) is 4.31 Å². The summed E-state index contributed by atoms with van der Waals surface area (Å²) in [6.07, 6.45) is 7.14. The molecule has 1 unspecified atom stereocenters. The van der Waals surface area contributed by atoms with E-state index in [9.17, 15) is 8.42 Å². The lowest BCUT2D eigenvalue weighted by atomic mass is 9.73. The van der Waals surface area contributed by atoms with E-state index in [-0.39, 0.29) is 11.5 Å². The van der Waals surface area contributed by atoms with Gasteiger partial charge in [0.1, 0.15) is 0 Å². The van der Waals surface area contributed by atoms with E-state index in [4.69, 9.17) is 0 Å². The van der Waals surface area contributed by atoms with Crippen molar-refractivity contribution in [3.8, 4) is 0 Å². The number of nitrogens with zero attached hydrogens (tertiary/aromatic N) is 1. The molecule has 3 rings (SSSR count). The van der Waals surface area contributed by atoms with Crippen molar-refractivity contribution in [2.45, 2.75) is 56.4 Å². The predicted octanol–water partition coefficient (Wildman–Crippen LogP) is 4.10. The van der Waals surface area contributed by atoms with Crippen molar-refractivity contribution in [2.24, 2.45) is 5.41 Å². The zero-order valence-electron chi connectivity index (χ0n) is 13.1. The fourth-order valence-electron chi connectivity index (χ4n) is 4.05. The Labute approximate surface area is 142 Å². The molecule has 2 fully saturated rings. The SMILES string of the molecule is Cc1ccc(S(=O)(=O)N2CC3(CCCCC3)CC2CBr)cc1. The molecule has 1 heterocycles. The number of hydrogen-bond acceptors (Lipinski definition) is 2. The molecule has 122 valence electrons. The Morgan fingerprint density at radius 3 is 2.41 bits per heavy atom.